The predicted octanol–water partition coefficient (Wildman–Crippen LogP) is 3.85. The molecule has 0 unspecified atom stereocenters. The summed E-state index contributed by atoms with van der Waals surface area (Å²) in [7, 11) is -2.93. The van der Waals surface area contributed by atoms with Gasteiger partial charge in [-0.2, -0.15) is 0 Å². The Morgan fingerprint density at radius 1 is 1.00 bits per heavy atom. The molecular formula is C26H33N3O6Si. The van der Waals surface area contributed by atoms with E-state index < -0.39 is 44.8 Å². The molecule has 0 N–H and O–H groups in total. The van der Waals surface area contributed by atoms with Crippen molar-refractivity contribution in [2.45, 2.75) is 70.6 Å². The maximum absolute atomic E-state index is 11.9. The van der Waals surface area contributed by atoms with Crippen molar-refractivity contribution in [2.75, 3.05) is 6.61 Å². The van der Waals surface area contributed by atoms with Crippen molar-refractivity contribution in [3.8, 4) is 0 Å². The smallest absolute Gasteiger partial charge is 0.304 e. The highest BCUT2D eigenvalue weighted by Gasteiger charge is 2.52. The lowest BCUT2D eigenvalue weighted by Gasteiger charge is -2.45. The van der Waals surface area contributed by atoms with Crippen molar-refractivity contribution in [1.29, 1.82) is 0 Å². The third-order valence-electron chi connectivity index (χ3n) is 6.19. The van der Waals surface area contributed by atoms with Crippen LogP contribution in [0.25, 0.3) is 10.4 Å². The average molecular weight is 512 g/mol. The molecule has 1 aliphatic rings. The predicted molar refractivity (Wildman–Crippen MR) is 137 cm³/mol. The van der Waals surface area contributed by atoms with Gasteiger partial charge in [0, 0.05) is 25.2 Å². The minimum Gasteiger partial charge on any atom is -0.459 e. The highest BCUT2D eigenvalue weighted by Crippen LogP contribution is 2.37. The summed E-state index contributed by atoms with van der Waals surface area (Å²) in [5.41, 5.74) is 9.13. The van der Waals surface area contributed by atoms with Crippen LogP contribution in [0.1, 0.15) is 41.0 Å². The molecule has 192 valence electrons. The molecule has 3 rings (SSSR count). The van der Waals surface area contributed by atoms with Gasteiger partial charge in [0.1, 0.15) is 12.2 Å². The monoisotopic (exact) mass is 511 g/mol. The SMILES string of the molecule is CC(=O)O[C@H]1C[C@@H](N=[N+]=[N-])[C@H](OC(C)=O)[C@@H](CO[Si](c2ccccc2)(c2ccccc2)C(C)(C)C)O1. The Kier molecular flexibility index (Phi) is 8.92. The molecule has 1 saturated heterocycles. The van der Waals surface area contributed by atoms with E-state index in [9.17, 15) is 9.59 Å². The highest BCUT2D eigenvalue weighted by atomic mass is 28.4. The molecule has 0 bridgehead atoms. The van der Waals surface area contributed by atoms with Crippen LogP contribution >= 0.6 is 0 Å². The van der Waals surface area contributed by atoms with Crippen LogP contribution in [0.3, 0.4) is 0 Å². The minimum absolute atomic E-state index is 0.0282. The van der Waals surface area contributed by atoms with Crippen molar-refractivity contribution < 1.29 is 28.2 Å². The van der Waals surface area contributed by atoms with Crippen molar-refractivity contribution in [3.63, 3.8) is 0 Å². The van der Waals surface area contributed by atoms with E-state index in [0.29, 0.717) is 0 Å². The fourth-order valence-corrected chi connectivity index (χ4v) is 9.37. The van der Waals surface area contributed by atoms with Gasteiger partial charge in [0.25, 0.3) is 8.32 Å². The molecule has 36 heavy (non-hydrogen) atoms. The molecule has 0 amide bonds. The Morgan fingerprint density at radius 3 is 1.97 bits per heavy atom. The Labute approximate surface area is 212 Å². The van der Waals surface area contributed by atoms with E-state index in [0.717, 1.165) is 10.4 Å². The third kappa shape index (κ3) is 6.14. The molecule has 2 aromatic rings. The Bertz CT molecular complexity index is 1050. The van der Waals surface area contributed by atoms with Crippen LogP contribution in [0.15, 0.2) is 65.8 Å². The van der Waals surface area contributed by atoms with E-state index in [1.54, 1.807) is 0 Å². The first-order valence-corrected chi connectivity index (χ1v) is 13.8. The number of nitrogens with zero attached hydrogens (tertiary/aromatic N) is 3. The number of rotatable bonds is 8. The van der Waals surface area contributed by atoms with Crippen molar-refractivity contribution in [1.82, 2.24) is 0 Å². The molecule has 1 aliphatic heterocycles. The molecule has 2 aromatic carbocycles. The van der Waals surface area contributed by atoms with Gasteiger partial charge in [-0.25, -0.2) is 0 Å². The zero-order valence-electron chi connectivity index (χ0n) is 21.3. The molecule has 1 heterocycles. The van der Waals surface area contributed by atoms with Gasteiger partial charge in [0.2, 0.25) is 6.29 Å². The normalized spacial score (nSPS) is 22.2. The van der Waals surface area contributed by atoms with Gasteiger partial charge in [-0.05, 0) is 20.9 Å². The number of esters is 2. The van der Waals surface area contributed by atoms with Crippen LogP contribution in [0.2, 0.25) is 5.04 Å². The molecule has 0 aromatic heterocycles. The van der Waals surface area contributed by atoms with Gasteiger partial charge in [-0.15, -0.1) is 0 Å². The summed E-state index contributed by atoms with van der Waals surface area (Å²) in [6, 6.07) is 19.4. The average Bonchev–Trinajstić information content (AvgIpc) is 2.81. The Hall–Kier alpha value is -3.17. The third-order valence-corrected chi connectivity index (χ3v) is 11.2. The quantitative estimate of drug-likeness (QED) is 0.175. The summed E-state index contributed by atoms with van der Waals surface area (Å²) in [5.74, 6) is -1.07. The number of hydrogen-bond acceptors (Lipinski definition) is 7. The standard InChI is InChI=1S/C26H33N3O6Si/c1-18(30)33-24-16-22(28-29-27)25(34-19(2)31)23(35-24)17-32-36(26(3,4)5,20-12-8-6-9-13-20)21-14-10-7-11-15-21/h6-15,22-25H,16-17H2,1-5H3/t22-,23-,24-,25+/m1/s1. The molecule has 1 fully saturated rings. The maximum atomic E-state index is 11.9. The van der Waals surface area contributed by atoms with Gasteiger partial charge in [-0.1, -0.05) is 86.5 Å². The number of azide groups is 1. The number of ether oxygens (including phenoxy) is 3. The number of carbonyl (C=O) groups is 2. The van der Waals surface area contributed by atoms with E-state index in [4.69, 9.17) is 24.2 Å². The second kappa shape index (κ2) is 11.7. The van der Waals surface area contributed by atoms with E-state index in [1.807, 2.05) is 36.4 Å². The topological polar surface area (TPSA) is 120 Å². The second-order valence-electron chi connectivity index (χ2n) is 9.77. The summed E-state index contributed by atoms with van der Waals surface area (Å²) in [5, 5.41) is 5.68. The molecule has 10 heteroatoms. The molecule has 9 nitrogen and oxygen atoms in total. The minimum atomic E-state index is -2.93. The second-order valence-corrected chi connectivity index (χ2v) is 14.1. The van der Waals surface area contributed by atoms with Gasteiger partial charge >= 0.3 is 11.9 Å². The summed E-state index contributed by atoms with van der Waals surface area (Å²) >= 11 is 0. The molecule has 0 radical (unpaired) electrons. The van der Waals surface area contributed by atoms with Gasteiger partial charge in [-0.3, -0.25) is 9.59 Å². The molecule has 0 aliphatic carbocycles. The van der Waals surface area contributed by atoms with E-state index in [1.165, 1.54) is 13.8 Å². The molecule has 0 saturated carbocycles. The number of hydrogen-bond donors (Lipinski definition) is 0. The van der Waals surface area contributed by atoms with Crippen LogP contribution in [0.5, 0.6) is 0 Å². The summed E-state index contributed by atoms with van der Waals surface area (Å²) in [6.07, 6.45) is -2.62. The first-order chi connectivity index (χ1) is 17.1. The summed E-state index contributed by atoms with van der Waals surface area (Å²) in [6.45, 7) is 9.03. The van der Waals surface area contributed by atoms with Gasteiger partial charge in [0.05, 0.1) is 12.6 Å². The fourth-order valence-electron chi connectivity index (χ4n) is 4.80. The van der Waals surface area contributed by atoms with E-state index in [-0.39, 0.29) is 18.1 Å². The maximum Gasteiger partial charge on any atom is 0.304 e. The summed E-state index contributed by atoms with van der Waals surface area (Å²) in [4.78, 5) is 26.5. The van der Waals surface area contributed by atoms with Crippen molar-refractivity contribution in [3.05, 3.63) is 71.1 Å². The van der Waals surface area contributed by atoms with Gasteiger partial charge < -0.3 is 18.6 Å². The van der Waals surface area contributed by atoms with Crippen LogP contribution < -0.4 is 10.4 Å². The number of benzene rings is 2. The van der Waals surface area contributed by atoms with E-state index in [2.05, 4.69) is 55.1 Å². The van der Waals surface area contributed by atoms with Crippen LogP contribution in [-0.4, -0.2) is 51.4 Å². The molecule has 4 atom stereocenters. The molecular weight excluding hydrogens is 478 g/mol. The van der Waals surface area contributed by atoms with E-state index >= 15 is 0 Å². The first kappa shape index (κ1) is 27.4. The zero-order chi connectivity index (χ0) is 26.3. The zero-order valence-corrected chi connectivity index (χ0v) is 22.3. The van der Waals surface area contributed by atoms with Crippen LogP contribution in [0.4, 0.5) is 0 Å². The van der Waals surface area contributed by atoms with Crippen LogP contribution in [0, 0.1) is 0 Å². The Morgan fingerprint density at radius 2 is 1.53 bits per heavy atom. The largest absolute Gasteiger partial charge is 0.459 e. The Balaban J connectivity index is 2.06. The lowest BCUT2D eigenvalue weighted by Crippen LogP contribution is -2.67. The lowest BCUT2D eigenvalue weighted by molar-refractivity contribution is -0.235. The van der Waals surface area contributed by atoms with Crippen molar-refractivity contribution in [2.24, 2.45) is 5.11 Å². The molecule has 0 spiro atoms. The highest BCUT2D eigenvalue weighted by molar-refractivity contribution is 6.99. The van der Waals surface area contributed by atoms with Gasteiger partial charge in [0.15, 0.2) is 0 Å². The first-order valence-electron chi connectivity index (χ1n) is 11.9. The fraction of sp³-hybridized carbons (Fsp3) is 0.462. The number of carbonyl (C=O) groups excluding carboxylic acids is 2. The summed E-state index contributed by atoms with van der Waals surface area (Å²) < 4.78 is 23.8. The lowest BCUT2D eigenvalue weighted by atomic mass is 9.99. The van der Waals surface area contributed by atoms with Crippen LogP contribution in [-0.2, 0) is 28.2 Å². The van der Waals surface area contributed by atoms with Crippen molar-refractivity contribution >= 4 is 30.6 Å².